The van der Waals surface area contributed by atoms with Crippen molar-refractivity contribution in [3.8, 4) is 0 Å². The van der Waals surface area contributed by atoms with Gasteiger partial charge in [0.15, 0.2) is 5.96 Å². The maximum atomic E-state index is 4.49. The second-order valence-electron chi connectivity index (χ2n) is 7.27. The van der Waals surface area contributed by atoms with Crippen LogP contribution in [-0.2, 0) is 13.1 Å². The molecule has 0 aromatic heterocycles. The average Bonchev–Trinajstić information content (AvgIpc) is 2.54. The monoisotopic (exact) mass is 442 g/mol. The van der Waals surface area contributed by atoms with Crippen molar-refractivity contribution >= 4 is 29.9 Å². The molecule has 0 spiro atoms. The van der Waals surface area contributed by atoms with E-state index in [9.17, 15) is 0 Å². The highest BCUT2D eigenvalue weighted by atomic mass is 127. The van der Waals surface area contributed by atoms with Gasteiger partial charge in [-0.3, -0.25) is 9.89 Å². The number of halogens is 1. The van der Waals surface area contributed by atoms with Crippen molar-refractivity contribution in [3.05, 3.63) is 35.4 Å². The van der Waals surface area contributed by atoms with Gasteiger partial charge in [-0.25, -0.2) is 0 Å². The molecule has 1 saturated heterocycles. The lowest BCUT2D eigenvalue weighted by Gasteiger charge is -2.35. The van der Waals surface area contributed by atoms with Crippen LogP contribution < -0.4 is 10.6 Å². The van der Waals surface area contributed by atoms with Gasteiger partial charge in [-0.05, 0) is 35.8 Å². The second kappa shape index (κ2) is 9.61. The van der Waals surface area contributed by atoms with Crippen LogP contribution in [0.4, 0.5) is 0 Å². The van der Waals surface area contributed by atoms with Gasteiger partial charge >= 0.3 is 0 Å². The van der Waals surface area contributed by atoms with E-state index in [2.05, 4.69) is 58.6 Å². The normalized spacial score (nSPS) is 24.5. The summed E-state index contributed by atoms with van der Waals surface area (Å²) < 4.78 is 0. The van der Waals surface area contributed by atoms with Gasteiger partial charge in [0.1, 0.15) is 0 Å². The molecule has 2 heterocycles. The standard InChI is InChI=1S/C19H30N4.HI/c1-15-10-16(2)13-23(12-15)14-18-7-4-3-6-17(18)11-22-19-20-8-5-9-21-19;/h3-4,6-7,15-16H,5,8-14H2,1-2H3,(H2,20,21,22);1H. The van der Waals surface area contributed by atoms with Gasteiger partial charge in [-0.15, -0.1) is 24.0 Å². The lowest BCUT2D eigenvalue weighted by Crippen LogP contribution is -2.41. The van der Waals surface area contributed by atoms with Crippen molar-refractivity contribution in [3.63, 3.8) is 0 Å². The molecule has 2 aliphatic heterocycles. The molecule has 0 radical (unpaired) electrons. The zero-order valence-electron chi connectivity index (χ0n) is 14.9. The summed E-state index contributed by atoms with van der Waals surface area (Å²) in [6, 6.07) is 8.81. The Bertz CT molecular complexity index is 536. The largest absolute Gasteiger partial charge is 0.356 e. The van der Waals surface area contributed by atoms with Crippen LogP contribution in [0.15, 0.2) is 29.3 Å². The molecule has 2 atom stereocenters. The van der Waals surface area contributed by atoms with E-state index in [4.69, 9.17) is 0 Å². The van der Waals surface area contributed by atoms with E-state index in [-0.39, 0.29) is 24.0 Å². The van der Waals surface area contributed by atoms with Crippen LogP contribution in [0.5, 0.6) is 0 Å². The Labute approximate surface area is 163 Å². The summed E-state index contributed by atoms with van der Waals surface area (Å²) in [6.07, 6.45) is 2.50. The van der Waals surface area contributed by atoms with Gasteiger partial charge in [-0.1, -0.05) is 38.1 Å². The molecule has 24 heavy (non-hydrogen) atoms. The van der Waals surface area contributed by atoms with E-state index < -0.39 is 0 Å². The first-order chi connectivity index (χ1) is 11.2. The van der Waals surface area contributed by atoms with Gasteiger partial charge in [-0.2, -0.15) is 0 Å². The highest BCUT2D eigenvalue weighted by molar-refractivity contribution is 14.0. The minimum atomic E-state index is 0. The number of hydrogen-bond acceptors (Lipinski definition) is 4. The van der Waals surface area contributed by atoms with Crippen molar-refractivity contribution in [2.24, 2.45) is 16.8 Å². The van der Waals surface area contributed by atoms with Gasteiger partial charge < -0.3 is 10.6 Å². The summed E-state index contributed by atoms with van der Waals surface area (Å²) in [5, 5.41) is 6.78. The number of aliphatic imine (C=N–C) groups is 1. The summed E-state index contributed by atoms with van der Waals surface area (Å²) in [7, 11) is 0. The number of guanidine groups is 1. The number of nitrogens with one attached hydrogen (secondary N) is 2. The Morgan fingerprint density at radius 2 is 1.88 bits per heavy atom. The van der Waals surface area contributed by atoms with Crippen LogP contribution in [-0.4, -0.2) is 37.0 Å². The molecule has 2 aliphatic rings. The van der Waals surface area contributed by atoms with E-state index in [1.54, 1.807) is 0 Å². The molecular weight excluding hydrogens is 411 g/mol. The van der Waals surface area contributed by atoms with Crippen LogP contribution in [0.2, 0.25) is 0 Å². The van der Waals surface area contributed by atoms with Gasteiger partial charge in [0.25, 0.3) is 0 Å². The molecule has 2 unspecified atom stereocenters. The molecule has 0 bridgehead atoms. The smallest absolute Gasteiger partial charge is 0.191 e. The first-order valence-corrected chi connectivity index (χ1v) is 9.02. The maximum absolute atomic E-state index is 4.49. The lowest BCUT2D eigenvalue weighted by atomic mass is 9.91. The summed E-state index contributed by atoms with van der Waals surface area (Å²) in [6.45, 7) is 11.1. The van der Waals surface area contributed by atoms with Crippen LogP contribution in [0.1, 0.15) is 37.8 Å². The zero-order valence-corrected chi connectivity index (χ0v) is 17.3. The Morgan fingerprint density at radius 3 is 2.54 bits per heavy atom. The molecular formula is C19H31IN4. The molecule has 0 saturated carbocycles. The SMILES string of the molecule is CC1CC(C)CN(Cc2ccccc2CNC2=NCCCN2)C1.I. The van der Waals surface area contributed by atoms with E-state index in [1.165, 1.54) is 30.6 Å². The molecule has 4 nitrogen and oxygen atoms in total. The van der Waals surface area contributed by atoms with Crippen molar-refractivity contribution in [1.82, 2.24) is 15.5 Å². The third-order valence-corrected chi connectivity index (χ3v) is 4.80. The Kier molecular flexibility index (Phi) is 7.81. The predicted molar refractivity (Wildman–Crippen MR) is 112 cm³/mol. The summed E-state index contributed by atoms with van der Waals surface area (Å²) in [4.78, 5) is 7.11. The Hall–Kier alpha value is -0.820. The van der Waals surface area contributed by atoms with E-state index in [0.29, 0.717) is 0 Å². The topological polar surface area (TPSA) is 39.7 Å². The molecule has 134 valence electrons. The molecule has 0 amide bonds. The maximum Gasteiger partial charge on any atom is 0.191 e. The lowest BCUT2D eigenvalue weighted by molar-refractivity contribution is 0.134. The minimum absolute atomic E-state index is 0. The number of nitrogens with zero attached hydrogens (tertiary/aromatic N) is 2. The van der Waals surface area contributed by atoms with E-state index >= 15 is 0 Å². The van der Waals surface area contributed by atoms with Gasteiger partial charge in [0.05, 0.1) is 0 Å². The van der Waals surface area contributed by atoms with Gasteiger partial charge in [0.2, 0.25) is 0 Å². The first-order valence-electron chi connectivity index (χ1n) is 9.02. The Balaban J connectivity index is 0.00000208. The number of rotatable bonds is 4. The first kappa shape index (κ1) is 19.5. The Morgan fingerprint density at radius 1 is 1.17 bits per heavy atom. The predicted octanol–water partition coefficient (Wildman–Crippen LogP) is 3.22. The summed E-state index contributed by atoms with van der Waals surface area (Å²) >= 11 is 0. The molecule has 0 aliphatic carbocycles. The fraction of sp³-hybridized carbons (Fsp3) is 0.632. The van der Waals surface area contributed by atoms with Gasteiger partial charge in [0, 0.05) is 39.3 Å². The fourth-order valence-corrected chi connectivity index (χ4v) is 3.88. The van der Waals surface area contributed by atoms with Crippen LogP contribution in [0.3, 0.4) is 0 Å². The molecule has 5 heteroatoms. The van der Waals surface area contributed by atoms with E-state index in [1.807, 2.05) is 0 Å². The third-order valence-electron chi connectivity index (χ3n) is 4.80. The molecule has 1 aromatic rings. The number of hydrogen-bond donors (Lipinski definition) is 2. The van der Waals surface area contributed by atoms with E-state index in [0.717, 1.165) is 50.4 Å². The minimum Gasteiger partial charge on any atom is -0.356 e. The van der Waals surface area contributed by atoms with Crippen molar-refractivity contribution in [2.45, 2.75) is 39.8 Å². The average molecular weight is 442 g/mol. The van der Waals surface area contributed by atoms with Crippen molar-refractivity contribution in [2.75, 3.05) is 26.2 Å². The number of piperidine rings is 1. The molecule has 1 fully saturated rings. The number of benzene rings is 1. The van der Waals surface area contributed by atoms with Crippen LogP contribution in [0.25, 0.3) is 0 Å². The number of likely N-dealkylation sites (tertiary alicyclic amines) is 1. The van der Waals surface area contributed by atoms with Crippen LogP contribution >= 0.6 is 24.0 Å². The quantitative estimate of drug-likeness (QED) is 0.704. The third kappa shape index (κ3) is 5.62. The highest BCUT2D eigenvalue weighted by Gasteiger charge is 2.22. The zero-order chi connectivity index (χ0) is 16.1. The van der Waals surface area contributed by atoms with Crippen LogP contribution in [0, 0.1) is 11.8 Å². The highest BCUT2D eigenvalue weighted by Crippen LogP contribution is 2.23. The van der Waals surface area contributed by atoms with Crippen molar-refractivity contribution < 1.29 is 0 Å². The fourth-order valence-electron chi connectivity index (χ4n) is 3.88. The second-order valence-corrected chi connectivity index (χ2v) is 7.27. The molecule has 1 aromatic carbocycles. The molecule has 3 rings (SSSR count). The summed E-state index contributed by atoms with van der Waals surface area (Å²) in [5.41, 5.74) is 2.83. The van der Waals surface area contributed by atoms with Crippen molar-refractivity contribution in [1.29, 1.82) is 0 Å². The summed E-state index contributed by atoms with van der Waals surface area (Å²) in [5.74, 6) is 2.57. The molecule has 2 N–H and O–H groups in total.